The number of fused-ring (bicyclic) bond motifs is 1. The molecule has 0 radical (unpaired) electrons. The Balaban J connectivity index is 1.64. The summed E-state index contributed by atoms with van der Waals surface area (Å²) in [6, 6.07) is 12.8. The Morgan fingerprint density at radius 1 is 1.14 bits per heavy atom. The summed E-state index contributed by atoms with van der Waals surface area (Å²) in [5.74, 6) is -0.882. The molecule has 0 saturated heterocycles. The minimum absolute atomic E-state index is 0.159. The number of nitrogens with zero attached hydrogens (tertiary/aromatic N) is 2. The highest BCUT2D eigenvalue weighted by atomic mass is 35.5. The van der Waals surface area contributed by atoms with E-state index in [1.807, 2.05) is 13.0 Å². The molecule has 0 aliphatic carbocycles. The van der Waals surface area contributed by atoms with Crippen molar-refractivity contribution in [1.29, 1.82) is 0 Å². The van der Waals surface area contributed by atoms with Crippen LogP contribution in [0.2, 0.25) is 5.02 Å². The Labute approximate surface area is 162 Å². The molecule has 9 heteroatoms. The molecule has 0 aliphatic rings. The molecule has 0 fully saturated rings. The summed E-state index contributed by atoms with van der Waals surface area (Å²) in [6.07, 6.45) is 0. The zero-order chi connectivity index (χ0) is 19.8. The number of nitro groups is 1. The molecule has 4 rings (SSSR count). The largest absolute Gasteiger partial charge is 0.436 e. The van der Waals surface area contributed by atoms with Crippen LogP contribution in [0.1, 0.15) is 16.1 Å². The first-order valence-corrected chi connectivity index (χ1v) is 8.51. The van der Waals surface area contributed by atoms with Crippen LogP contribution in [0.25, 0.3) is 22.6 Å². The maximum Gasteiger partial charge on any atom is 0.433 e. The van der Waals surface area contributed by atoms with Crippen LogP contribution in [0.5, 0.6) is 0 Å². The number of rotatable bonds is 4. The van der Waals surface area contributed by atoms with E-state index in [2.05, 4.69) is 10.3 Å². The van der Waals surface area contributed by atoms with E-state index < -0.39 is 16.7 Å². The third-order valence-electron chi connectivity index (χ3n) is 4.08. The van der Waals surface area contributed by atoms with Crippen LogP contribution in [-0.4, -0.2) is 15.8 Å². The van der Waals surface area contributed by atoms with Crippen molar-refractivity contribution in [2.24, 2.45) is 0 Å². The van der Waals surface area contributed by atoms with Gasteiger partial charge in [0, 0.05) is 16.3 Å². The van der Waals surface area contributed by atoms with Gasteiger partial charge in [-0.1, -0.05) is 17.7 Å². The zero-order valence-electron chi connectivity index (χ0n) is 14.4. The fraction of sp³-hybridized carbons (Fsp3) is 0.0526. The SMILES string of the molecule is Cc1ccc(-c2nc3cc(Cl)ccc3o2)cc1NC(=O)c1ccc([N+](=O)[O-])o1. The van der Waals surface area contributed by atoms with Gasteiger partial charge in [-0.15, -0.1) is 0 Å². The van der Waals surface area contributed by atoms with E-state index in [0.29, 0.717) is 33.3 Å². The van der Waals surface area contributed by atoms with Crippen LogP contribution in [0.15, 0.2) is 57.4 Å². The van der Waals surface area contributed by atoms with E-state index in [1.54, 1.807) is 30.3 Å². The number of anilines is 1. The number of carbonyl (C=O) groups excluding carboxylic acids is 1. The van der Waals surface area contributed by atoms with E-state index in [0.717, 1.165) is 11.6 Å². The smallest absolute Gasteiger partial charge is 0.433 e. The first kappa shape index (κ1) is 17.7. The number of amides is 1. The summed E-state index contributed by atoms with van der Waals surface area (Å²) in [5, 5.41) is 13.9. The predicted octanol–water partition coefficient (Wildman–Crippen LogP) is 5.21. The van der Waals surface area contributed by atoms with Gasteiger partial charge in [-0.25, -0.2) is 4.98 Å². The van der Waals surface area contributed by atoms with E-state index in [1.165, 1.54) is 6.07 Å². The molecule has 1 N–H and O–H groups in total. The topological polar surface area (TPSA) is 111 Å². The van der Waals surface area contributed by atoms with Gasteiger partial charge >= 0.3 is 5.88 Å². The van der Waals surface area contributed by atoms with E-state index >= 15 is 0 Å². The number of halogens is 1. The minimum Gasteiger partial charge on any atom is -0.436 e. The lowest BCUT2D eigenvalue weighted by molar-refractivity contribution is -0.402. The first-order valence-electron chi connectivity index (χ1n) is 8.13. The summed E-state index contributed by atoms with van der Waals surface area (Å²) < 4.78 is 10.7. The summed E-state index contributed by atoms with van der Waals surface area (Å²) in [7, 11) is 0. The van der Waals surface area contributed by atoms with Crippen LogP contribution in [0.3, 0.4) is 0 Å². The number of benzene rings is 2. The van der Waals surface area contributed by atoms with Gasteiger partial charge in [0.1, 0.15) is 10.4 Å². The number of hydrogen-bond donors (Lipinski definition) is 1. The first-order chi connectivity index (χ1) is 13.4. The second-order valence-corrected chi connectivity index (χ2v) is 6.45. The van der Waals surface area contributed by atoms with Crippen molar-refractivity contribution in [2.45, 2.75) is 6.92 Å². The monoisotopic (exact) mass is 397 g/mol. The van der Waals surface area contributed by atoms with Gasteiger partial charge in [0.05, 0.1) is 6.07 Å². The standard InChI is InChI=1S/C19H12ClN3O5/c1-10-2-3-11(19-22-14-9-12(20)4-5-15(14)28-19)8-13(10)21-18(24)16-6-7-17(27-16)23(25)26/h2-9H,1H3,(H,21,24). The van der Waals surface area contributed by atoms with E-state index in [9.17, 15) is 14.9 Å². The molecule has 0 bridgehead atoms. The molecule has 0 saturated carbocycles. The van der Waals surface area contributed by atoms with Gasteiger partial charge in [0.15, 0.2) is 11.3 Å². The van der Waals surface area contributed by atoms with Gasteiger partial charge in [-0.2, -0.15) is 0 Å². The average Bonchev–Trinajstić information content (AvgIpc) is 3.30. The molecule has 0 atom stereocenters. The number of furan rings is 1. The third-order valence-corrected chi connectivity index (χ3v) is 4.31. The highest BCUT2D eigenvalue weighted by molar-refractivity contribution is 6.31. The Hall–Kier alpha value is -3.65. The zero-order valence-corrected chi connectivity index (χ0v) is 15.2. The number of hydrogen-bond acceptors (Lipinski definition) is 6. The van der Waals surface area contributed by atoms with Crippen molar-refractivity contribution in [1.82, 2.24) is 4.98 Å². The van der Waals surface area contributed by atoms with Crippen molar-refractivity contribution < 1.29 is 18.6 Å². The second kappa shape index (κ2) is 6.82. The number of oxazole rings is 1. The molecule has 2 aromatic carbocycles. The lowest BCUT2D eigenvalue weighted by Crippen LogP contribution is -2.12. The van der Waals surface area contributed by atoms with Gasteiger partial charge in [0.2, 0.25) is 5.89 Å². The van der Waals surface area contributed by atoms with Crippen LogP contribution >= 0.6 is 11.6 Å². The van der Waals surface area contributed by atoms with Crippen molar-refractivity contribution in [3.63, 3.8) is 0 Å². The van der Waals surface area contributed by atoms with Crippen molar-refractivity contribution in [3.05, 3.63) is 75.0 Å². The van der Waals surface area contributed by atoms with Gasteiger partial charge in [-0.05, 0) is 48.9 Å². The summed E-state index contributed by atoms with van der Waals surface area (Å²) in [6.45, 7) is 1.82. The molecular weight excluding hydrogens is 386 g/mol. The Kier molecular flexibility index (Phi) is 4.32. The molecule has 4 aromatic rings. The summed E-state index contributed by atoms with van der Waals surface area (Å²) >= 11 is 5.98. The lowest BCUT2D eigenvalue weighted by atomic mass is 10.1. The fourth-order valence-electron chi connectivity index (χ4n) is 2.65. The van der Waals surface area contributed by atoms with Crippen LogP contribution in [-0.2, 0) is 0 Å². The normalized spacial score (nSPS) is 10.9. The van der Waals surface area contributed by atoms with Crippen LogP contribution in [0.4, 0.5) is 11.6 Å². The van der Waals surface area contributed by atoms with E-state index in [-0.39, 0.29) is 5.76 Å². The minimum atomic E-state index is -0.706. The molecule has 0 spiro atoms. The van der Waals surface area contributed by atoms with Crippen molar-refractivity contribution in [3.8, 4) is 11.5 Å². The Morgan fingerprint density at radius 2 is 1.96 bits per heavy atom. The summed E-state index contributed by atoms with van der Waals surface area (Å²) in [5.41, 5.74) is 3.16. The molecule has 0 unspecified atom stereocenters. The fourth-order valence-corrected chi connectivity index (χ4v) is 2.81. The predicted molar refractivity (Wildman–Crippen MR) is 103 cm³/mol. The van der Waals surface area contributed by atoms with E-state index in [4.69, 9.17) is 20.4 Å². The van der Waals surface area contributed by atoms with Gasteiger partial charge < -0.3 is 14.2 Å². The molecular formula is C19H12ClN3O5. The number of nitrogens with one attached hydrogen (secondary N) is 1. The molecule has 2 heterocycles. The maximum atomic E-state index is 12.3. The molecule has 8 nitrogen and oxygen atoms in total. The summed E-state index contributed by atoms with van der Waals surface area (Å²) in [4.78, 5) is 26.8. The van der Waals surface area contributed by atoms with Crippen LogP contribution < -0.4 is 5.32 Å². The Morgan fingerprint density at radius 3 is 2.71 bits per heavy atom. The molecule has 0 aliphatic heterocycles. The highest BCUT2D eigenvalue weighted by Gasteiger charge is 2.18. The third kappa shape index (κ3) is 3.33. The molecule has 28 heavy (non-hydrogen) atoms. The van der Waals surface area contributed by atoms with Crippen LogP contribution in [0, 0.1) is 17.0 Å². The number of aromatic nitrogens is 1. The van der Waals surface area contributed by atoms with Crippen molar-refractivity contribution in [2.75, 3.05) is 5.32 Å². The number of aryl methyl sites for hydroxylation is 1. The van der Waals surface area contributed by atoms with Crippen molar-refractivity contribution >= 4 is 40.2 Å². The number of carbonyl (C=O) groups is 1. The Bertz CT molecular complexity index is 1230. The molecule has 2 aromatic heterocycles. The molecule has 140 valence electrons. The lowest BCUT2D eigenvalue weighted by Gasteiger charge is -2.08. The van der Waals surface area contributed by atoms with Gasteiger partial charge in [-0.3, -0.25) is 14.9 Å². The average molecular weight is 398 g/mol. The second-order valence-electron chi connectivity index (χ2n) is 6.01. The van der Waals surface area contributed by atoms with Gasteiger partial charge in [0.25, 0.3) is 5.91 Å². The quantitative estimate of drug-likeness (QED) is 0.373. The molecule has 1 amide bonds. The maximum absolute atomic E-state index is 12.3. The highest BCUT2D eigenvalue weighted by Crippen LogP contribution is 2.29.